The number of quaternary nitrogens is 1. The average Bonchev–Trinajstić information content (AvgIpc) is 2.89. The van der Waals surface area contributed by atoms with Gasteiger partial charge in [-0.1, -0.05) is 66.9 Å². The van der Waals surface area contributed by atoms with Crippen molar-refractivity contribution in [3.63, 3.8) is 0 Å². The van der Waals surface area contributed by atoms with Gasteiger partial charge < -0.3 is 9.22 Å². The van der Waals surface area contributed by atoms with E-state index in [2.05, 4.69) is 32.2 Å². The Morgan fingerprint density at radius 2 is 1.94 bits per heavy atom. The molecule has 2 aliphatic carbocycles. The molecule has 1 saturated heterocycles. The van der Waals surface area contributed by atoms with E-state index >= 15 is 0 Å². The molecule has 5 rings (SSSR count). The minimum Gasteiger partial charge on any atom is -0.451 e. The van der Waals surface area contributed by atoms with Crippen LogP contribution in [0.3, 0.4) is 0 Å². The predicted molar refractivity (Wildman–Crippen MR) is 150 cm³/mol. The Hall–Kier alpha value is -2.02. The largest absolute Gasteiger partial charge is 0.451 e. The molecule has 0 N–H and O–H groups in total. The number of likely N-dealkylation sites (N-methyl/N-ethyl adjacent to an activating group) is 1. The number of carbonyl (C=O) groups is 2. The van der Waals surface area contributed by atoms with Crippen LogP contribution in [0.15, 0.2) is 54.6 Å². The number of nitrogens with zero attached hydrogens (tertiary/aromatic N) is 1. The van der Waals surface area contributed by atoms with Gasteiger partial charge in [0.2, 0.25) is 0 Å². The summed E-state index contributed by atoms with van der Waals surface area (Å²) in [6.45, 7) is 3.35. The number of thioether (sulfide) groups is 2. The number of carbonyl (C=O) groups excluding carboxylic acids is 2. The number of likely N-dealkylation sites (tertiary alicyclic amines) is 1. The highest BCUT2D eigenvalue weighted by atomic mass is 32.2. The molecular formula is C30H36NO3S2+. The van der Waals surface area contributed by atoms with Crippen LogP contribution in [0.2, 0.25) is 0 Å². The molecule has 1 aliphatic heterocycles. The average molecular weight is 523 g/mol. The minimum atomic E-state index is -0.427. The molecule has 0 aromatic heterocycles. The standard InChI is InChI=1S/C30H36NO3S2/c1-22-11-13-24-19-27-25-10-6-7-15-30(25,26(24)18-22)16-17-31(27,2)20-35-29(33)36-21-34-28(32)14-12-23-8-4-3-5-9-23/h3-5,8-9,11-14,18,25,27H,6-7,10,15-17,19-21H2,1-2H3/q+1/b14-12+/t25-,27+,30+,31?/m0/s1. The lowest BCUT2D eigenvalue weighted by atomic mass is 9.52. The first-order valence-corrected chi connectivity index (χ1v) is 15.0. The molecule has 1 unspecified atom stereocenters. The quantitative estimate of drug-likeness (QED) is 0.178. The molecule has 4 nitrogen and oxygen atoms in total. The van der Waals surface area contributed by atoms with Crippen molar-refractivity contribution in [3.05, 3.63) is 76.9 Å². The molecule has 1 heterocycles. The molecule has 36 heavy (non-hydrogen) atoms. The molecule has 190 valence electrons. The molecule has 2 fully saturated rings. The SMILES string of the molecule is Cc1ccc2c(c1)[C@@]13CCCC[C@H]1[C@@H](C2)[N+](C)(CSC(=O)SCOC(=O)/C=C/c1ccccc1)CC3. The smallest absolute Gasteiger partial charge is 0.331 e. The van der Waals surface area contributed by atoms with Crippen molar-refractivity contribution in [1.82, 2.24) is 0 Å². The number of ether oxygens (including phenoxy) is 1. The van der Waals surface area contributed by atoms with Crippen molar-refractivity contribution in [2.75, 3.05) is 25.4 Å². The monoisotopic (exact) mass is 522 g/mol. The van der Waals surface area contributed by atoms with E-state index in [1.807, 2.05) is 30.3 Å². The van der Waals surface area contributed by atoms with E-state index < -0.39 is 5.97 Å². The number of piperidine rings is 1. The highest BCUT2D eigenvalue weighted by Gasteiger charge is 2.59. The zero-order valence-corrected chi connectivity index (χ0v) is 22.9. The summed E-state index contributed by atoms with van der Waals surface area (Å²) < 4.78 is 6.22. The fourth-order valence-electron chi connectivity index (χ4n) is 6.90. The van der Waals surface area contributed by atoms with E-state index in [1.165, 1.54) is 61.1 Å². The van der Waals surface area contributed by atoms with Crippen LogP contribution < -0.4 is 0 Å². The van der Waals surface area contributed by atoms with Gasteiger partial charge in [0.1, 0.15) is 11.8 Å². The topological polar surface area (TPSA) is 43.4 Å². The number of hydrogen-bond donors (Lipinski definition) is 0. The fourth-order valence-corrected chi connectivity index (χ4v) is 8.52. The van der Waals surface area contributed by atoms with Crippen LogP contribution in [0.1, 0.15) is 54.4 Å². The van der Waals surface area contributed by atoms with Crippen LogP contribution >= 0.6 is 23.5 Å². The molecule has 3 aliphatic rings. The normalized spacial score (nSPS) is 28.8. The van der Waals surface area contributed by atoms with E-state index in [-0.39, 0.29) is 10.4 Å². The molecule has 0 radical (unpaired) electrons. The number of rotatable bonds is 6. The maximum atomic E-state index is 12.7. The first kappa shape index (κ1) is 25.6. The Labute approximate surface area is 223 Å². The van der Waals surface area contributed by atoms with Gasteiger partial charge in [-0.15, -0.1) is 0 Å². The summed E-state index contributed by atoms with van der Waals surface area (Å²) in [6, 6.07) is 17.3. The van der Waals surface area contributed by atoms with E-state index in [0.29, 0.717) is 17.4 Å². The number of esters is 1. The van der Waals surface area contributed by atoms with Crippen LogP contribution in [0.5, 0.6) is 0 Å². The molecule has 6 heteroatoms. The predicted octanol–water partition coefficient (Wildman–Crippen LogP) is 6.96. The van der Waals surface area contributed by atoms with Crippen molar-refractivity contribution in [1.29, 1.82) is 0 Å². The molecule has 2 bridgehead atoms. The van der Waals surface area contributed by atoms with Crippen molar-refractivity contribution in [2.24, 2.45) is 5.92 Å². The summed E-state index contributed by atoms with van der Waals surface area (Å²) in [5, 5.41) is 0. The van der Waals surface area contributed by atoms with Crippen molar-refractivity contribution in [3.8, 4) is 0 Å². The Bertz CT molecular complexity index is 1150. The van der Waals surface area contributed by atoms with Gasteiger partial charge in [0.05, 0.1) is 19.6 Å². The summed E-state index contributed by atoms with van der Waals surface area (Å²) in [5.74, 6) is 1.12. The van der Waals surface area contributed by atoms with Crippen molar-refractivity contribution >= 4 is 40.0 Å². The number of fused-ring (bicyclic) bond motifs is 1. The summed E-state index contributed by atoms with van der Waals surface area (Å²) >= 11 is 2.48. The third kappa shape index (κ3) is 5.18. The van der Waals surface area contributed by atoms with Gasteiger partial charge in [-0.3, -0.25) is 4.79 Å². The van der Waals surface area contributed by atoms with Crippen LogP contribution in [-0.4, -0.2) is 46.3 Å². The van der Waals surface area contributed by atoms with Crippen LogP contribution in [0.25, 0.3) is 6.08 Å². The lowest BCUT2D eigenvalue weighted by molar-refractivity contribution is -0.933. The summed E-state index contributed by atoms with van der Waals surface area (Å²) in [5.41, 5.74) is 5.83. The molecule has 1 saturated carbocycles. The summed E-state index contributed by atoms with van der Waals surface area (Å²) in [4.78, 5) is 24.7. The summed E-state index contributed by atoms with van der Waals surface area (Å²) in [7, 11) is 2.36. The van der Waals surface area contributed by atoms with E-state index in [0.717, 1.165) is 40.7 Å². The molecule has 4 atom stereocenters. The fraction of sp³-hybridized carbons (Fsp3) is 0.467. The molecule has 2 aromatic rings. The van der Waals surface area contributed by atoms with E-state index in [1.54, 1.807) is 11.6 Å². The van der Waals surface area contributed by atoms with E-state index in [9.17, 15) is 9.59 Å². The van der Waals surface area contributed by atoms with Gasteiger partial charge >= 0.3 is 5.97 Å². The Kier molecular flexibility index (Phi) is 7.66. The second-order valence-corrected chi connectivity index (χ2v) is 13.0. The van der Waals surface area contributed by atoms with Gasteiger partial charge in [-0.2, -0.15) is 0 Å². The zero-order valence-electron chi connectivity index (χ0n) is 21.3. The molecular weight excluding hydrogens is 486 g/mol. The highest BCUT2D eigenvalue weighted by molar-refractivity contribution is 8.38. The minimum absolute atomic E-state index is 0.0292. The Balaban J connectivity index is 1.17. The maximum absolute atomic E-state index is 12.7. The van der Waals surface area contributed by atoms with Gasteiger partial charge in [-0.05, 0) is 66.1 Å². The van der Waals surface area contributed by atoms with Gasteiger partial charge in [0.15, 0.2) is 0 Å². The maximum Gasteiger partial charge on any atom is 0.331 e. The van der Waals surface area contributed by atoms with Gasteiger partial charge in [-0.25, -0.2) is 4.79 Å². The molecule has 0 spiro atoms. The lowest BCUT2D eigenvalue weighted by Gasteiger charge is -2.61. The first-order valence-electron chi connectivity index (χ1n) is 13.0. The highest BCUT2D eigenvalue weighted by Crippen LogP contribution is 2.57. The van der Waals surface area contributed by atoms with Crippen LogP contribution in [0.4, 0.5) is 4.79 Å². The third-order valence-electron chi connectivity index (χ3n) is 8.73. The molecule has 2 aromatic carbocycles. The Morgan fingerprint density at radius 1 is 1.11 bits per heavy atom. The Morgan fingerprint density at radius 3 is 2.78 bits per heavy atom. The van der Waals surface area contributed by atoms with Gasteiger partial charge in [0, 0.05) is 30.3 Å². The third-order valence-corrected chi connectivity index (χ3v) is 10.9. The van der Waals surface area contributed by atoms with Crippen molar-refractivity contribution < 1.29 is 18.8 Å². The molecule has 0 amide bonds. The van der Waals surface area contributed by atoms with Gasteiger partial charge in [0.25, 0.3) is 4.45 Å². The second-order valence-electron chi connectivity index (χ2n) is 10.9. The number of hydrogen-bond acceptors (Lipinski definition) is 5. The van der Waals surface area contributed by atoms with Crippen LogP contribution in [-0.2, 0) is 21.4 Å². The van der Waals surface area contributed by atoms with Crippen LogP contribution in [0, 0.1) is 12.8 Å². The van der Waals surface area contributed by atoms with Crippen molar-refractivity contribution in [2.45, 2.75) is 56.9 Å². The zero-order chi connectivity index (χ0) is 25.2. The first-order chi connectivity index (χ1) is 17.4. The number of aryl methyl sites for hydroxylation is 1. The second kappa shape index (κ2) is 10.8. The van der Waals surface area contributed by atoms with E-state index in [4.69, 9.17) is 4.74 Å². The lowest BCUT2D eigenvalue weighted by Crippen LogP contribution is -2.68. The number of benzene rings is 2. The summed E-state index contributed by atoms with van der Waals surface area (Å²) in [6.07, 6.45) is 10.8.